The Morgan fingerprint density at radius 1 is 1.25 bits per heavy atom. The quantitative estimate of drug-likeness (QED) is 0.821. The second kappa shape index (κ2) is 6.66. The molecule has 0 spiro atoms. The predicted molar refractivity (Wildman–Crippen MR) is 78.6 cm³/mol. The molecule has 3 heteroatoms. The lowest BCUT2D eigenvalue weighted by Crippen LogP contribution is -2.31. The third-order valence-corrected chi connectivity index (χ3v) is 4.58. The van der Waals surface area contributed by atoms with Crippen LogP contribution in [0.2, 0.25) is 0 Å². The molecule has 0 amide bonds. The van der Waals surface area contributed by atoms with Crippen molar-refractivity contribution in [1.29, 1.82) is 0 Å². The first-order valence-electron chi connectivity index (χ1n) is 7.73. The summed E-state index contributed by atoms with van der Waals surface area (Å²) < 4.78 is 28.1. The van der Waals surface area contributed by atoms with Crippen molar-refractivity contribution in [1.82, 2.24) is 5.32 Å². The second-order valence-corrected chi connectivity index (χ2v) is 6.13. The molecule has 1 nitrogen and oxygen atoms in total. The molecular formula is C17H25F2N. The highest BCUT2D eigenvalue weighted by Crippen LogP contribution is 2.41. The van der Waals surface area contributed by atoms with Gasteiger partial charge < -0.3 is 5.32 Å². The maximum atomic E-state index is 14.3. The molecule has 112 valence electrons. The van der Waals surface area contributed by atoms with E-state index in [1.54, 1.807) is 6.92 Å². The fraction of sp³-hybridized carbons (Fsp3) is 0.647. The Bertz CT molecular complexity index is 459. The van der Waals surface area contributed by atoms with Crippen LogP contribution in [-0.2, 0) is 0 Å². The van der Waals surface area contributed by atoms with Gasteiger partial charge in [0, 0.05) is 11.6 Å². The molecule has 3 atom stereocenters. The van der Waals surface area contributed by atoms with E-state index in [0.29, 0.717) is 23.0 Å². The SMILES string of the molecule is CCCNC(c1cc(F)c(C)cc1F)C1CCCC1C. The number of halogens is 2. The molecule has 0 aromatic heterocycles. The molecule has 1 fully saturated rings. The minimum atomic E-state index is -0.310. The average molecular weight is 281 g/mol. The largest absolute Gasteiger partial charge is 0.310 e. The van der Waals surface area contributed by atoms with Crippen molar-refractivity contribution >= 4 is 0 Å². The fourth-order valence-corrected chi connectivity index (χ4v) is 3.36. The van der Waals surface area contributed by atoms with E-state index in [9.17, 15) is 8.78 Å². The van der Waals surface area contributed by atoms with Crippen molar-refractivity contribution in [2.45, 2.75) is 52.5 Å². The monoisotopic (exact) mass is 281 g/mol. The van der Waals surface area contributed by atoms with Crippen molar-refractivity contribution in [3.8, 4) is 0 Å². The molecule has 0 saturated heterocycles. The van der Waals surface area contributed by atoms with Crippen molar-refractivity contribution in [3.05, 3.63) is 34.9 Å². The van der Waals surface area contributed by atoms with E-state index in [4.69, 9.17) is 0 Å². The zero-order valence-electron chi connectivity index (χ0n) is 12.7. The van der Waals surface area contributed by atoms with Gasteiger partial charge in [0.15, 0.2) is 0 Å². The summed E-state index contributed by atoms with van der Waals surface area (Å²) >= 11 is 0. The van der Waals surface area contributed by atoms with E-state index in [1.807, 2.05) is 0 Å². The Labute approximate surface area is 120 Å². The summed E-state index contributed by atoms with van der Waals surface area (Å²) in [5, 5.41) is 3.44. The van der Waals surface area contributed by atoms with Gasteiger partial charge in [-0.3, -0.25) is 0 Å². The van der Waals surface area contributed by atoms with Crippen molar-refractivity contribution in [3.63, 3.8) is 0 Å². The van der Waals surface area contributed by atoms with Crippen LogP contribution in [0.1, 0.15) is 56.7 Å². The summed E-state index contributed by atoms with van der Waals surface area (Å²) in [5.41, 5.74) is 0.875. The summed E-state index contributed by atoms with van der Waals surface area (Å²) in [5.74, 6) is 0.373. The van der Waals surface area contributed by atoms with E-state index in [2.05, 4.69) is 19.2 Å². The number of hydrogen-bond acceptors (Lipinski definition) is 1. The van der Waals surface area contributed by atoms with Gasteiger partial charge in [0.1, 0.15) is 11.6 Å². The molecular weight excluding hydrogens is 256 g/mol. The van der Waals surface area contributed by atoms with Crippen LogP contribution in [0.25, 0.3) is 0 Å². The highest BCUT2D eigenvalue weighted by atomic mass is 19.1. The van der Waals surface area contributed by atoms with Gasteiger partial charge >= 0.3 is 0 Å². The first kappa shape index (κ1) is 15.4. The minimum absolute atomic E-state index is 0.0671. The number of rotatable bonds is 5. The van der Waals surface area contributed by atoms with E-state index in [1.165, 1.54) is 25.0 Å². The summed E-state index contributed by atoms with van der Waals surface area (Å²) in [4.78, 5) is 0. The van der Waals surface area contributed by atoms with Crippen LogP contribution < -0.4 is 5.32 Å². The highest BCUT2D eigenvalue weighted by Gasteiger charge is 2.33. The average Bonchev–Trinajstić information content (AvgIpc) is 2.82. The molecule has 1 aliphatic carbocycles. The predicted octanol–water partition coefficient (Wildman–Crippen LogP) is 4.75. The lowest BCUT2D eigenvalue weighted by Gasteiger charge is -2.29. The van der Waals surface area contributed by atoms with Crippen LogP contribution in [0.3, 0.4) is 0 Å². The molecule has 3 unspecified atom stereocenters. The van der Waals surface area contributed by atoms with Crippen molar-refractivity contribution in [2.24, 2.45) is 11.8 Å². The van der Waals surface area contributed by atoms with Gasteiger partial charge in [-0.15, -0.1) is 0 Å². The molecule has 1 aliphatic rings. The molecule has 1 N–H and O–H groups in total. The van der Waals surface area contributed by atoms with E-state index in [0.717, 1.165) is 19.4 Å². The summed E-state index contributed by atoms with van der Waals surface area (Å²) in [6.45, 7) is 6.76. The number of aryl methyl sites for hydroxylation is 1. The van der Waals surface area contributed by atoms with Crippen LogP contribution in [0.4, 0.5) is 8.78 Å². The Hall–Kier alpha value is -0.960. The minimum Gasteiger partial charge on any atom is -0.310 e. The van der Waals surface area contributed by atoms with Crippen LogP contribution in [0, 0.1) is 30.4 Å². The van der Waals surface area contributed by atoms with Gasteiger partial charge in [-0.25, -0.2) is 8.78 Å². The first-order chi connectivity index (χ1) is 9.54. The van der Waals surface area contributed by atoms with Gasteiger partial charge in [-0.1, -0.05) is 26.7 Å². The second-order valence-electron chi connectivity index (χ2n) is 6.13. The molecule has 1 aromatic rings. The molecule has 0 radical (unpaired) electrons. The van der Waals surface area contributed by atoms with Gasteiger partial charge in [0.05, 0.1) is 0 Å². The van der Waals surface area contributed by atoms with Crippen molar-refractivity contribution in [2.75, 3.05) is 6.54 Å². The van der Waals surface area contributed by atoms with E-state index in [-0.39, 0.29) is 17.7 Å². The number of nitrogens with one attached hydrogen (secondary N) is 1. The summed E-state index contributed by atoms with van der Waals surface area (Å²) in [7, 11) is 0. The molecule has 0 heterocycles. The maximum absolute atomic E-state index is 14.3. The molecule has 0 bridgehead atoms. The van der Waals surface area contributed by atoms with Crippen LogP contribution >= 0.6 is 0 Å². The third kappa shape index (κ3) is 3.20. The van der Waals surface area contributed by atoms with Crippen molar-refractivity contribution < 1.29 is 8.78 Å². The Balaban J connectivity index is 2.32. The standard InChI is InChI=1S/C17H25F2N/c1-4-8-20-17(13-7-5-6-11(13)2)14-10-15(18)12(3)9-16(14)19/h9-11,13,17,20H,4-8H2,1-3H3. The lowest BCUT2D eigenvalue weighted by molar-refractivity contribution is 0.295. The smallest absolute Gasteiger partial charge is 0.128 e. The van der Waals surface area contributed by atoms with Crippen LogP contribution in [-0.4, -0.2) is 6.54 Å². The first-order valence-corrected chi connectivity index (χ1v) is 7.73. The van der Waals surface area contributed by atoms with Crippen LogP contribution in [0.5, 0.6) is 0 Å². The zero-order chi connectivity index (χ0) is 14.7. The van der Waals surface area contributed by atoms with Gasteiger partial charge in [-0.2, -0.15) is 0 Å². The van der Waals surface area contributed by atoms with Crippen LogP contribution in [0.15, 0.2) is 12.1 Å². The highest BCUT2D eigenvalue weighted by molar-refractivity contribution is 5.28. The van der Waals surface area contributed by atoms with E-state index < -0.39 is 0 Å². The normalized spacial score (nSPS) is 24.1. The Kier molecular flexibility index (Phi) is 5.14. The molecule has 1 saturated carbocycles. The Morgan fingerprint density at radius 2 is 2.00 bits per heavy atom. The maximum Gasteiger partial charge on any atom is 0.128 e. The lowest BCUT2D eigenvalue weighted by atomic mass is 9.85. The summed E-state index contributed by atoms with van der Waals surface area (Å²) in [6.07, 6.45) is 4.46. The van der Waals surface area contributed by atoms with Gasteiger partial charge in [-0.05, 0) is 55.8 Å². The van der Waals surface area contributed by atoms with E-state index >= 15 is 0 Å². The summed E-state index contributed by atoms with van der Waals surface area (Å²) in [6, 6.07) is 2.65. The number of benzene rings is 1. The topological polar surface area (TPSA) is 12.0 Å². The van der Waals surface area contributed by atoms with Gasteiger partial charge in [0.2, 0.25) is 0 Å². The molecule has 1 aromatic carbocycles. The molecule has 2 rings (SSSR count). The molecule has 20 heavy (non-hydrogen) atoms. The Morgan fingerprint density at radius 3 is 2.60 bits per heavy atom. The fourth-order valence-electron chi connectivity index (χ4n) is 3.36. The third-order valence-electron chi connectivity index (χ3n) is 4.58. The number of hydrogen-bond donors (Lipinski definition) is 1. The molecule has 0 aliphatic heterocycles. The zero-order valence-corrected chi connectivity index (χ0v) is 12.7. The van der Waals surface area contributed by atoms with Gasteiger partial charge in [0.25, 0.3) is 0 Å².